The van der Waals surface area contributed by atoms with Gasteiger partial charge in [-0.25, -0.2) is 9.97 Å². The van der Waals surface area contributed by atoms with Gasteiger partial charge < -0.3 is 14.4 Å². The highest BCUT2D eigenvalue weighted by molar-refractivity contribution is 7.07. The monoisotopic (exact) mass is 396 g/mol. The number of carbonyl (C=O) groups is 1. The van der Waals surface area contributed by atoms with Gasteiger partial charge in [0.15, 0.2) is 11.5 Å². The maximum Gasteiger partial charge on any atom is 0.273 e. The molecule has 3 aromatic rings. The Bertz CT molecular complexity index is 940. The zero-order valence-corrected chi connectivity index (χ0v) is 16.3. The molecule has 8 heteroatoms. The highest BCUT2D eigenvalue weighted by Gasteiger charge is 2.28. The predicted molar refractivity (Wildman–Crippen MR) is 105 cm³/mol. The molecule has 144 valence electrons. The van der Waals surface area contributed by atoms with Crippen molar-refractivity contribution < 1.29 is 14.3 Å². The molecule has 4 rings (SSSR count). The third kappa shape index (κ3) is 3.82. The van der Waals surface area contributed by atoms with E-state index in [1.165, 1.54) is 11.3 Å². The molecule has 0 aliphatic carbocycles. The SMILES string of the molecule is COc1ccccc1Oc1nccnc1C1CCN(C(=O)c2cscn2)CC1. The fourth-order valence-corrected chi connectivity index (χ4v) is 3.86. The van der Waals surface area contributed by atoms with Crippen molar-refractivity contribution in [3.05, 3.63) is 58.9 Å². The summed E-state index contributed by atoms with van der Waals surface area (Å²) in [6.45, 7) is 1.32. The van der Waals surface area contributed by atoms with Crippen LogP contribution in [0.1, 0.15) is 34.9 Å². The number of aromatic nitrogens is 3. The molecule has 1 aliphatic rings. The lowest BCUT2D eigenvalue weighted by Crippen LogP contribution is -2.38. The molecule has 0 N–H and O–H groups in total. The van der Waals surface area contributed by atoms with Gasteiger partial charge in [0.1, 0.15) is 11.4 Å². The zero-order valence-electron chi connectivity index (χ0n) is 15.4. The lowest BCUT2D eigenvalue weighted by atomic mass is 9.93. The molecule has 1 amide bonds. The first-order valence-electron chi connectivity index (χ1n) is 9.05. The predicted octanol–water partition coefficient (Wildman–Crippen LogP) is 3.75. The van der Waals surface area contributed by atoms with Crippen molar-refractivity contribution in [2.75, 3.05) is 20.2 Å². The van der Waals surface area contributed by atoms with Crippen LogP contribution in [0.5, 0.6) is 17.4 Å². The molecule has 1 aliphatic heterocycles. The first kappa shape index (κ1) is 18.4. The van der Waals surface area contributed by atoms with Crippen LogP contribution >= 0.6 is 11.3 Å². The van der Waals surface area contributed by atoms with Gasteiger partial charge in [0.25, 0.3) is 5.91 Å². The molecule has 3 heterocycles. The Kier molecular flexibility index (Phi) is 5.48. The van der Waals surface area contributed by atoms with Crippen LogP contribution in [0, 0.1) is 0 Å². The summed E-state index contributed by atoms with van der Waals surface area (Å²) in [5.74, 6) is 1.89. The van der Waals surface area contributed by atoms with Crippen LogP contribution in [0.2, 0.25) is 0 Å². The van der Waals surface area contributed by atoms with Crippen molar-refractivity contribution in [2.24, 2.45) is 0 Å². The van der Waals surface area contributed by atoms with Gasteiger partial charge in [0, 0.05) is 36.8 Å². The summed E-state index contributed by atoms with van der Waals surface area (Å²) in [7, 11) is 1.61. The molecule has 0 spiro atoms. The van der Waals surface area contributed by atoms with E-state index in [2.05, 4.69) is 15.0 Å². The van der Waals surface area contributed by atoms with Gasteiger partial charge in [0.2, 0.25) is 5.88 Å². The van der Waals surface area contributed by atoms with Gasteiger partial charge in [-0.2, -0.15) is 0 Å². The molecule has 2 aromatic heterocycles. The van der Waals surface area contributed by atoms with Gasteiger partial charge in [-0.15, -0.1) is 11.3 Å². The van der Waals surface area contributed by atoms with Crippen LogP contribution in [-0.4, -0.2) is 46.0 Å². The Balaban J connectivity index is 1.48. The number of benzene rings is 1. The Morgan fingerprint density at radius 1 is 1.11 bits per heavy atom. The van der Waals surface area contributed by atoms with E-state index in [-0.39, 0.29) is 11.8 Å². The van der Waals surface area contributed by atoms with Gasteiger partial charge in [-0.1, -0.05) is 12.1 Å². The summed E-state index contributed by atoms with van der Waals surface area (Å²) in [5.41, 5.74) is 3.01. The summed E-state index contributed by atoms with van der Waals surface area (Å²) in [6, 6.07) is 7.45. The Morgan fingerprint density at radius 2 is 1.86 bits per heavy atom. The number of rotatable bonds is 5. The molecule has 1 fully saturated rings. The minimum Gasteiger partial charge on any atom is -0.493 e. The molecule has 0 saturated carbocycles. The summed E-state index contributed by atoms with van der Waals surface area (Å²) in [6.07, 6.45) is 4.90. The van der Waals surface area contributed by atoms with Crippen LogP contribution in [0.3, 0.4) is 0 Å². The van der Waals surface area contributed by atoms with E-state index in [4.69, 9.17) is 9.47 Å². The number of hydrogen-bond acceptors (Lipinski definition) is 7. The minimum atomic E-state index is -0.00987. The second-order valence-electron chi connectivity index (χ2n) is 6.44. The molecule has 0 bridgehead atoms. The van der Waals surface area contributed by atoms with Crippen LogP contribution in [-0.2, 0) is 0 Å². The van der Waals surface area contributed by atoms with Crippen LogP contribution in [0.4, 0.5) is 0 Å². The van der Waals surface area contributed by atoms with Crippen molar-refractivity contribution in [2.45, 2.75) is 18.8 Å². The molecular formula is C20H20N4O3S. The van der Waals surface area contributed by atoms with E-state index in [1.807, 2.05) is 29.2 Å². The largest absolute Gasteiger partial charge is 0.493 e. The zero-order chi connectivity index (χ0) is 19.3. The maximum atomic E-state index is 12.5. The molecule has 7 nitrogen and oxygen atoms in total. The number of hydrogen-bond donors (Lipinski definition) is 0. The quantitative estimate of drug-likeness (QED) is 0.654. The number of ether oxygens (including phenoxy) is 2. The first-order valence-corrected chi connectivity index (χ1v) is 9.99. The van der Waals surface area contributed by atoms with E-state index in [0.717, 1.165) is 18.5 Å². The molecular weight excluding hydrogens is 376 g/mol. The smallest absolute Gasteiger partial charge is 0.273 e. The van der Waals surface area contributed by atoms with Gasteiger partial charge in [-0.05, 0) is 25.0 Å². The van der Waals surface area contributed by atoms with E-state index in [1.54, 1.807) is 30.4 Å². The lowest BCUT2D eigenvalue weighted by Gasteiger charge is -2.31. The fourth-order valence-electron chi connectivity index (χ4n) is 3.34. The highest BCUT2D eigenvalue weighted by atomic mass is 32.1. The Hall–Kier alpha value is -3.00. The molecule has 0 radical (unpaired) electrons. The molecule has 0 atom stereocenters. The second kappa shape index (κ2) is 8.35. The van der Waals surface area contributed by atoms with Gasteiger partial charge in [0.05, 0.1) is 12.6 Å². The number of amides is 1. The number of carbonyl (C=O) groups excluding carboxylic acids is 1. The van der Waals surface area contributed by atoms with Crippen molar-refractivity contribution in [1.29, 1.82) is 0 Å². The number of likely N-dealkylation sites (tertiary alicyclic amines) is 1. The average molecular weight is 396 g/mol. The Morgan fingerprint density at radius 3 is 2.57 bits per heavy atom. The number of methoxy groups -OCH3 is 1. The third-order valence-corrected chi connectivity index (χ3v) is 5.37. The highest BCUT2D eigenvalue weighted by Crippen LogP contribution is 2.36. The van der Waals surface area contributed by atoms with Crippen molar-refractivity contribution >= 4 is 17.2 Å². The van der Waals surface area contributed by atoms with Crippen LogP contribution in [0.25, 0.3) is 0 Å². The molecule has 1 saturated heterocycles. The average Bonchev–Trinajstić information content (AvgIpc) is 3.29. The first-order chi connectivity index (χ1) is 13.8. The van der Waals surface area contributed by atoms with E-state index in [0.29, 0.717) is 36.2 Å². The maximum absolute atomic E-state index is 12.5. The number of thiazole rings is 1. The molecule has 0 unspecified atom stereocenters. The fraction of sp³-hybridized carbons (Fsp3) is 0.300. The van der Waals surface area contributed by atoms with E-state index in [9.17, 15) is 4.79 Å². The van der Waals surface area contributed by atoms with E-state index >= 15 is 0 Å². The Labute approximate surface area is 167 Å². The summed E-state index contributed by atoms with van der Waals surface area (Å²) in [5, 5.41) is 1.79. The molecule has 28 heavy (non-hydrogen) atoms. The number of piperidine rings is 1. The van der Waals surface area contributed by atoms with Gasteiger partial charge in [-0.3, -0.25) is 9.78 Å². The molecule has 1 aromatic carbocycles. The number of nitrogens with zero attached hydrogens (tertiary/aromatic N) is 4. The standard InChI is InChI=1S/C20H20N4O3S/c1-26-16-4-2-3-5-17(16)27-19-18(21-8-9-22-19)14-6-10-24(11-7-14)20(25)15-12-28-13-23-15/h2-5,8-9,12-14H,6-7,10-11H2,1H3. The van der Waals surface area contributed by atoms with Crippen LogP contribution < -0.4 is 9.47 Å². The normalized spacial score (nSPS) is 14.7. The van der Waals surface area contributed by atoms with E-state index < -0.39 is 0 Å². The summed E-state index contributed by atoms with van der Waals surface area (Å²) >= 11 is 1.43. The van der Waals surface area contributed by atoms with Gasteiger partial charge >= 0.3 is 0 Å². The van der Waals surface area contributed by atoms with Crippen LogP contribution in [0.15, 0.2) is 47.5 Å². The summed E-state index contributed by atoms with van der Waals surface area (Å²) in [4.78, 5) is 27.4. The topological polar surface area (TPSA) is 77.4 Å². The van der Waals surface area contributed by atoms with Crippen molar-refractivity contribution in [3.63, 3.8) is 0 Å². The number of para-hydroxylation sites is 2. The summed E-state index contributed by atoms with van der Waals surface area (Å²) < 4.78 is 11.4. The minimum absolute atomic E-state index is 0.00987. The third-order valence-electron chi connectivity index (χ3n) is 4.79. The second-order valence-corrected chi connectivity index (χ2v) is 7.16. The van der Waals surface area contributed by atoms with Crippen molar-refractivity contribution in [3.8, 4) is 17.4 Å². The van der Waals surface area contributed by atoms with Crippen molar-refractivity contribution in [1.82, 2.24) is 19.9 Å². The lowest BCUT2D eigenvalue weighted by molar-refractivity contribution is 0.0706.